The number of anilines is 2. The second-order valence-electron chi connectivity index (χ2n) is 5.82. The lowest BCUT2D eigenvalue weighted by Crippen LogP contribution is -2.26. The van der Waals surface area contributed by atoms with E-state index in [1.54, 1.807) is 32.4 Å². The van der Waals surface area contributed by atoms with Crippen molar-refractivity contribution < 1.29 is 18.7 Å². The van der Waals surface area contributed by atoms with E-state index in [0.29, 0.717) is 24.5 Å². The lowest BCUT2D eigenvalue weighted by Gasteiger charge is -2.10. The predicted molar refractivity (Wildman–Crippen MR) is 102 cm³/mol. The number of aromatic amines is 1. The molecular weight excluding hydrogens is 365 g/mol. The first-order chi connectivity index (χ1) is 13.6. The average Bonchev–Trinajstić information content (AvgIpc) is 3.17. The molecule has 0 aliphatic carbocycles. The van der Waals surface area contributed by atoms with Gasteiger partial charge < -0.3 is 20.1 Å². The van der Waals surface area contributed by atoms with E-state index in [1.807, 2.05) is 18.2 Å². The van der Waals surface area contributed by atoms with E-state index >= 15 is 0 Å². The van der Waals surface area contributed by atoms with Crippen LogP contribution in [0.25, 0.3) is 0 Å². The third-order valence-electron chi connectivity index (χ3n) is 4.04. The molecule has 0 saturated carbocycles. The summed E-state index contributed by atoms with van der Waals surface area (Å²) in [4.78, 5) is 12.4. The number of para-hydroxylation sites is 1. The number of amides is 1. The van der Waals surface area contributed by atoms with Gasteiger partial charge in [0.15, 0.2) is 23.0 Å². The maximum Gasteiger partial charge on any atom is 0.275 e. The third-order valence-corrected chi connectivity index (χ3v) is 4.04. The second-order valence-corrected chi connectivity index (χ2v) is 5.82. The molecule has 0 aliphatic heterocycles. The molecule has 0 atom stereocenters. The molecule has 28 heavy (non-hydrogen) atoms. The normalized spacial score (nSPS) is 10.4. The molecule has 0 spiro atoms. The number of carbonyl (C=O) groups is 1. The highest BCUT2D eigenvalue weighted by molar-refractivity contribution is 5.97. The molecule has 0 unspecified atom stereocenters. The fourth-order valence-corrected chi connectivity index (χ4v) is 2.61. The molecule has 1 aromatic heterocycles. The molecule has 3 aromatic rings. The van der Waals surface area contributed by atoms with E-state index in [-0.39, 0.29) is 17.2 Å². The van der Waals surface area contributed by atoms with E-state index in [4.69, 9.17) is 9.47 Å². The van der Waals surface area contributed by atoms with Crippen LogP contribution >= 0.6 is 0 Å². The van der Waals surface area contributed by atoms with Crippen molar-refractivity contribution >= 4 is 17.4 Å². The Morgan fingerprint density at radius 1 is 1.11 bits per heavy atom. The van der Waals surface area contributed by atoms with Crippen molar-refractivity contribution in [2.75, 3.05) is 26.1 Å². The molecule has 0 aliphatic rings. The number of benzene rings is 2. The fourth-order valence-electron chi connectivity index (χ4n) is 2.61. The van der Waals surface area contributed by atoms with Gasteiger partial charge in [-0.1, -0.05) is 18.2 Å². The minimum Gasteiger partial charge on any atom is -0.493 e. The molecule has 0 bridgehead atoms. The van der Waals surface area contributed by atoms with Crippen LogP contribution in [-0.2, 0) is 6.42 Å². The number of H-pyrrole nitrogens is 1. The Bertz CT molecular complexity index is 960. The number of aromatic nitrogens is 3. The summed E-state index contributed by atoms with van der Waals surface area (Å²) in [6.45, 7) is 0.375. The fraction of sp³-hybridized carbons (Fsp3) is 0.211. The predicted octanol–water partition coefficient (Wildman–Crippen LogP) is 2.68. The lowest BCUT2D eigenvalue weighted by atomic mass is 10.1. The van der Waals surface area contributed by atoms with E-state index in [0.717, 1.165) is 5.56 Å². The summed E-state index contributed by atoms with van der Waals surface area (Å²) in [6.07, 6.45) is 0.583. The van der Waals surface area contributed by atoms with Crippen molar-refractivity contribution in [3.05, 3.63) is 59.5 Å². The molecule has 9 heteroatoms. The molecule has 0 radical (unpaired) electrons. The first kappa shape index (κ1) is 19.2. The van der Waals surface area contributed by atoms with Gasteiger partial charge in [-0.2, -0.15) is 5.21 Å². The van der Waals surface area contributed by atoms with Crippen LogP contribution in [-0.4, -0.2) is 42.1 Å². The molecule has 3 N–H and O–H groups in total. The van der Waals surface area contributed by atoms with Crippen molar-refractivity contribution in [1.82, 2.24) is 20.7 Å². The molecule has 0 saturated heterocycles. The average molecular weight is 385 g/mol. The molecule has 1 amide bonds. The van der Waals surface area contributed by atoms with Crippen LogP contribution < -0.4 is 20.1 Å². The van der Waals surface area contributed by atoms with Crippen molar-refractivity contribution in [3.8, 4) is 11.5 Å². The van der Waals surface area contributed by atoms with Gasteiger partial charge in [0.25, 0.3) is 5.91 Å². The summed E-state index contributed by atoms with van der Waals surface area (Å²) in [5.41, 5.74) is 1.23. The zero-order valence-corrected chi connectivity index (χ0v) is 15.5. The van der Waals surface area contributed by atoms with Crippen molar-refractivity contribution in [1.29, 1.82) is 0 Å². The molecule has 8 nitrogen and oxygen atoms in total. The van der Waals surface area contributed by atoms with E-state index in [9.17, 15) is 9.18 Å². The van der Waals surface area contributed by atoms with Gasteiger partial charge in [-0.3, -0.25) is 4.79 Å². The van der Waals surface area contributed by atoms with Gasteiger partial charge in [-0.05, 0) is 36.2 Å². The number of hydrogen-bond donors (Lipinski definition) is 3. The maximum absolute atomic E-state index is 13.8. The number of hydrogen-bond acceptors (Lipinski definition) is 6. The molecular formula is C19H20FN5O3. The highest BCUT2D eigenvalue weighted by Gasteiger charge is 2.17. The summed E-state index contributed by atoms with van der Waals surface area (Å²) in [7, 11) is 3.14. The number of nitrogens with one attached hydrogen (secondary N) is 3. The largest absolute Gasteiger partial charge is 0.493 e. The van der Waals surface area contributed by atoms with E-state index in [2.05, 4.69) is 26.0 Å². The van der Waals surface area contributed by atoms with Crippen molar-refractivity contribution in [2.24, 2.45) is 0 Å². The Kier molecular flexibility index (Phi) is 6.05. The summed E-state index contributed by atoms with van der Waals surface area (Å²) in [5, 5.41) is 15.6. The molecule has 0 fully saturated rings. The van der Waals surface area contributed by atoms with Gasteiger partial charge in [-0.15, -0.1) is 10.2 Å². The summed E-state index contributed by atoms with van der Waals surface area (Å²) in [5.74, 6) is 0.535. The smallest absolute Gasteiger partial charge is 0.275 e. The van der Waals surface area contributed by atoms with Gasteiger partial charge in [0.1, 0.15) is 5.82 Å². The Balaban J connectivity index is 1.60. The van der Waals surface area contributed by atoms with Crippen molar-refractivity contribution in [3.63, 3.8) is 0 Å². The zero-order valence-electron chi connectivity index (χ0n) is 15.5. The summed E-state index contributed by atoms with van der Waals surface area (Å²) in [6, 6.07) is 11.7. The third kappa shape index (κ3) is 4.37. The standard InChI is InChI=1S/C19H20FN5O3/c1-27-15-8-7-12(11-16(15)28-2)9-10-21-19(26)17-18(24-25-23-17)22-14-6-4-3-5-13(14)20/h3-8,11H,9-10H2,1-2H3,(H,21,26)(H2,22,23,24,25). The van der Waals surface area contributed by atoms with Crippen LogP contribution in [0.4, 0.5) is 15.9 Å². The molecule has 3 rings (SSSR count). The first-order valence-electron chi connectivity index (χ1n) is 8.53. The highest BCUT2D eigenvalue weighted by atomic mass is 19.1. The Labute approximate surface area is 161 Å². The monoisotopic (exact) mass is 385 g/mol. The summed E-state index contributed by atoms with van der Waals surface area (Å²) >= 11 is 0. The number of carbonyl (C=O) groups excluding carboxylic acids is 1. The van der Waals surface area contributed by atoms with Gasteiger partial charge >= 0.3 is 0 Å². The Morgan fingerprint density at radius 3 is 2.64 bits per heavy atom. The topological polar surface area (TPSA) is 101 Å². The number of methoxy groups -OCH3 is 2. The number of nitrogens with zero attached hydrogens (tertiary/aromatic N) is 2. The van der Waals surface area contributed by atoms with Crippen molar-refractivity contribution in [2.45, 2.75) is 6.42 Å². The van der Waals surface area contributed by atoms with Gasteiger partial charge in [0, 0.05) is 6.54 Å². The lowest BCUT2D eigenvalue weighted by molar-refractivity contribution is 0.0950. The molecule has 146 valence electrons. The summed E-state index contributed by atoms with van der Waals surface area (Å²) < 4.78 is 24.3. The zero-order chi connectivity index (χ0) is 19.9. The maximum atomic E-state index is 13.8. The number of halogens is 1. The van der Waals surface area contributed by atoms with Crippen LogP contribution in [0, 0.1) is 5.82 Å². The molecule has 2 aromatic carbocycles. The van der Waals surface area contributed by atoms with Crippen LogP contribution in [0.2, 0.25) is 0 Å². The quantitative estimate of drug-likeness (QED) is 0.551. The van der Waals surface area contributed by atoms with Crippen LogP contribution in [0.5, 0.6) is 11.5 Å². The van der Waals surface area contributed by atoms with E-state index < -0.39 is 11.7 Å². The molecule has 1 heterocycles. The highest BCUT2D eigenvalue weighted by Crippen LogP contribution is 2.27. The van der Waals surface area contributed by atoms with Crippen LogP contribution in [0.1, 0.15) is 16.1 Å². The van der Waals surface area contributed by atoms with Gasteiger partial charge in [0.2, 0.25) is 0 Å². The number of ether oxygens (including phenoxy) is 2. The van der Waals surface area contributed by atoms with Crippen LogP contribution in [0.15, 0.2) is 42.5 Å². The van der Waals surface area contributed by atoms with Crippen LogP contribution in [0.3, 0.4) is 0 Å². The Hall–Kier alpha value is -3.62. The Morgan fingerprint density at radius 2 is 1.89 bits per heavy atom. The van der Waals surface area contributed by atoms with Gasteiger partial charge in [0.05, 0.1) is 19.9 Å². The SMILES string of the molecule is COc1ccc(CCNC(=O)c2n[nH]nc2Nc2ccccc2F)cc1OC. The van der Waals surface area contributed by atoms with E-state index in [1.165, 1.54) is 6.07 Å². The minimum atomic E-state index is -0.453. The number of rotatable bonds is 8. The minimum absolute atomic E-state index is 0.0514. The second kappa shape index (κ2) is 8.85. The van der Waals surface area contributed by atoms with Gasteiger partial charge in [-0.25, -0.2) is 4.39 Å². The first-order valence-corrected chi connectivity index (χ1v) is 8.53.